The molecule has 0 aliphatic heterocycles. The van der Waals surface area contributed by atoms with Crippen LogP contribution in [0.5, 0.6) is 0 Å². The second kappa shape index (κ2) is 6.34. The van der Waals surface area contributed by atoms with Gasteiger partial charge < -0.3 is 11.1 Å². The van der Waals surface area contributed by atoms with E-state index in [-0.39, 0.29) is 11.9 Å². The minimum absolute atomic E-state index is 0.202. The summed E-state index contributed by atoms with van der Waals surface area (Å²) in [6, 6.07) is 4.84. The smallest absolute Gasteiger partial charge is 0.249 e. The molecule has 1 aromatic carbocycles. The van der Waals surface area contributed by atoms with E-state index in [2.05, 4.69) is 20.5 Å². The van der Waals surface area contributed by atoms with Crippen LogP contribution >= 0.6 is 34.7 Å². The van der Waals surface area contributed by atoms with Crippen LogP contribution in [0, 0.1) is 0 Å². The summed E-state index contributed by atoms with van der Waals surface area (Å²) in [4.78, 5) is 16.8. The zero-order chi connectivity index (χ0) is 16.6. The molecule has 1 amide bonds. The summed E-state index contributed by atoms with van der Waals surface area (Å²) in [6.45, 7) is 1.74. The number of carbonyl (C=O) groups excluding carboxylic acids is 1. The Morgan fingerprint density at radius 1 is 1.48 bits per heavy atom. The molecule has 1 atom stereocenters. The van der Waals surface area contributed by atoms with Crippen LogP contribution in [0.2, 0.25) is 5.02 Å². The van der Waals surface area contributed by atoms with Crippen molar-refractivity contribution in [1.82, 2.24) is 19.7 Å². The van der Waals surface area contributed by atoms with E-state index < -0.39 is 6.04 Å². The van der Waals surface area contributed by atoms with Gasteiger partial charge in [-0.15, -0.1) is 10.2 Å². The molecule has 0 saturated heterocycles. The van der Waals surface area contributed by atoms with Crippen LogP contribution in [0.1, 0.15) is 13.0 Å². The van der Waals surface area contributed by atoms with E-state index in [0.29, 0.717) is 15.3 Å². The zero-order valence-electron chi connectivity index (χ0n) is 12.3. The third-order valence-corrected chi connectivity index (χ3v) is 5.03. The van der Waals surface area contributed by atoms with Gasteiger partial charge in [0.2, 0.25) is 11.9 Å². The molecule has 7 nitrogen and oxygen atoms in total. The second-order valence-corrected chi connectivity index (χ2v) is 6.95. The van der Waals surface area contributed by atoms with Gasteiger partial charge in [-0.3, -0.25) is 9.36 Å². The number of amides is 1. The SMILES string of the molecule is CSc1nnc(N)n1C(C)C(=O)Nc1nc2ccc(Cl)cc2s1. The molecule has 0 spiro atoms. The standard InChI is InChI=1S/C13H13ClN6OS2/c1-6(20-11(15)18-19-13(20)22-2)10(21)17-12-16-8-4-3-7(14)5-9(8)23-12/h3-6H,1-2H3,(H2,15,18)(H,16,17,21). The van der Waals surface area contributed by atoms with Crippen molar-refractivity contribution in [2.45, 2.75) is 18.1 Å². The van der Waals surface area contributed by atoms with E-state index in [4.69, 9.17) is 17.3 Å². The molecule has 23 heavy (non-hydrogen) atoms. The number of fused-ring (bicyclic) bond motifs is 1. The Morgan fingerprint density at radius 2 is 2.26 bits per heavy atom. The Kier molecular flexibility index (Phi) is 4.42. The molecule has 120 valence electrons. The van der Waals surface area contributed by atoms with Gasteiger partial charge in [-0.05, 0) is 31.4 Å². The number of nitrogens with two attached hydrogens (primary N) is 1. The van der Waals surface area contributed by atoms with Crippen molar-refractivity contribution in [3.05, 3.63) is 23.2 Å². The number of halogens is 1. The fourth-order valence-corrected chi connectivity index (χ4v) is 3.79. The fourth-order valence-electron chi connectivity index (χ4n) is 2.07. The van der Waals surface area contributed by atoms with Crippen LogP contribution in [-0.4, -0.2) is 31.9 Å². The highest BCUT2D eigenvalue weighted by Crippen LogP contribution is 2.29. The minimum Gasteiger partial charge on any atom is -0.368 e. The van der Waals surface area contributed by atoms with Gasteiger partial charge in [0, 0.05) is 5.02 Å². The molecule has 0 fully saturated rings. The predicted molar refractivity (Wildman–Crippen MR) is 94.2 cm³/mol. The maximum absolute atomic E-state index is 12.5. The summed E-state index contributed by atoms with van der Waals surface area (Å²) in [5.41, 5.74) is 6.58. The van der Waals surface area contributed by atoms with Crippen molar-refractivity contribution in [2.75, 3.05) is 17.3 Å². The molecule has 3 N–H and O–H groups in total. The first-order valence-electron chi connectivity index (χ1n) is 6.61. The lowest BCUT2D eigenvalue weighted by Crippen LogP contribution is -2.25. The summed E-state index contributed by atoms with van der Waals surface area (Å²) in [7, 11) is 0. The molecule has 10 heteroatoms. The number of hydrogen-bond donors (Lipinski definition) is 2. The molecule has 0 aliphatic rings. The molecule has 0 aliphatic carbocycles. The summed E-state index contributed by atoms with van der Waals surface area (Å²) in [5, 5.41) is 12.3. The molecule has 1 unspecified atom stereocenters. The van der Waals surface area contributed by atoms with Gasteiger partial charge in [-0.1, -0.05) is 34.7 Å². The van der Waals surface area contributed by atoms with Crippen LogP contribution in [0.4, 0.5) is 11.1 Å². The van der Waals surface area contributed by atoms with Crippen LogP contribution in [0.25, 0.3) is 10.2 Å². The van der Waals surface area contributed by atoms with Crippen LogP contribution < -0.4 is 11.1 Å². The monoisotopic (exact) mass is 368 g/mol. The van der Waals surface area contributed by atoms with Gasteiger partial charge in [0.05, 0.1) is 10.2 Å². The summed E-state index contributed by atoms with van der Waals surface area (Å²) in [5.74, 6) is -0.0370. The molecule has 0 saturated carbocycles. The van der Waals surface area contributed by atoms with Crippen molar-refractivity contribution in [2.24, 2.45) is 0 Å². The summed E-state index contributed by atoms with van der Waals surface area (Å²) >= 11 is 8.70. The maximum Gasteiger partial charge on any atom is 0.249 e. The van der Waals surface area contributed by atoms with E-state index in [1.165, 1.54) is 23.1 Å². The van der Waals surface area contributed by atoms with Crippen LogP contribution in [-0.2, 0) is 4.79 Å². The zero-order valence-corrected chi connectivity index (χ0v) is 14.7. The van der Waals surface area contributed by atoms with E-state index in [0.717, 1.165) is 10.2 Å². The number of benzene rings is 1. The van der Waals surface area contributed by atoms with Gasteiger partial charge in [0.15, 0.2) is 10.3 Å². The summed E-state index contributed by atoms with van der Waals surface area (Å²) in [6.07, 6.45) is 1.85. The predicted octanol–water partition coefficient (Wildman–Crippen LogP) is 3.05. The van der Waals surface area contributed by atoms with Crippen LogP contribution in [0.15, 0.2) is 23.4 Å². The van der Waals surface area contributed by atoms with Gasteiger partial charge in [0.25, 0.3) is 0 Å². The first kappa shape index (κ1) is 16.0. The number of anilines is 2. The molecular weight excluding hydrogens is 356 g/mol. The number of hydrogen-bond acceptors (Lipinski definition) is 7. The van der Waals surface area contributed by atoms with Gasteiger partial charge in [-0.2, -0.15) is 0 Å². The highest BCUT2D eigenvalue weighted by Gasteiger charge is 2.22. The van der Waals surface area contributed by atoms with Gasteiger partial charge in [0.1, 0.15) is 6.04 Å². The normalized spacial score (nSPS) is 12.5. The number of nitrogens with zero attached hydrogens (tertiary/aromatic N) is 4. The highest BCUT2D eigenvalue weighted by atomic mass is 35.5. The molecule has 2 heterocycles. The van der Waals surface area contributed by atoms with E-state index in [9.17, 15) is 4.79 Å². The second-order valence-electron chi connectivity index (χ2n) is 4.71. The third-order valence-electron chi connectivity index (χ3n) is 3.22. The van der Waals surface area contributed by atoms with Crippen molar-refractivity contribution in [1.29, 1.82) is 0 Å². The van der Waals surface area contributed by atoms with Crippen molar-refractivity contribution >= 4 is 61.9 Å². The van der Waals surface area contributed by atoms with E-state index in [1.54, 1.807) is 17.6 Å². The van der Waals surface area contributed by atoms with E-state index >= 15 is 0 Å². The van der Waals surface area contributed by atoms with Crippen LogP contribution in [0.3, 0.4) is 0 Å². The van der Waals surface area contributed by atoms with Crippen molar-refractivity contribution < 1.29 is 4.79 Å². The van der Waals surface area contributed by atoms with Crippen molar-refractivity contribution in [3.8, 4) is 0 Å². The molecular formula is C13H13ClN6OS2. The lowest BCUT2D eigenvalue weighted by atomic mass is 10.3. The Hall–Kier alpha value is -1.84. The van der Waals surface area contributed by atoms with E-state index in [1.807, 2.05) is 18.4 Å². The number of thioether (sulfide) groups is 1. The lowest BCUT2D eigenvalue weighted by molar-refractivity contribution is -0.118. The highest BCUT2D eigenvalue weighted by molar-refractivity contribution is 7.98. The Balaban J connectivity index is 1.83. The summed E-state index contributed by atoms with van der Waals surface area (Å²) < 4.78 is 2.50. The quantitative estimate of drug-likeness (QED) is 0.687. The van der Waals surface area contributed by atoms with Gasteiger partial charge in [-0.25, -0.2) is 4.98 Å². The maximum atomic E-state index is 12.5. The average Bonchev–Trinajstić information content (AvgIpc) is 3.08. The third kappa shape index (κ3) is 3.12. The lowest BCUT2D eigenvalue weighted by Gasteiger charge is -2.14. The number of thiazole rings is 1. The number of aromatic nitrogens is 4. The molecule has 0 radical (unpaired) electrons. The van der Waals surface area contributed by atoms with Gasteiger partial charge >= 0.3 is 0 Å². The Morgan fingerprint density at radius 3 is 3.00 bits per heavy atom. The average molecular weight is 369 g/mol. The van der Waals surface area contributed by atoms with Crippen molar-refractivity contribution in [3.63, 3.8) is 0 Å². The topological polar surface area (TPSA) is 98.7 Å². The Bertz CT molecular complexity index is 877. The number of rotatable bonds is 4. The number of nitrogens with one attached hydrogen (secondary N) is 1. The molecule has 3 rings (SSSR count). The largest absolute Gasteiger partial charge is 0.368 e. The molecule has 0 bridgehead atoms. The fraction of sp³-hybridized carbons (Fsp3) is 0.231. The number of nitrogen functional groups attached to an aromatic ring is 1. The minimum atomic E-state index is -0.553. The number of carbonyl (C=O) groups is 1. The molecule has 3 aromatic rings. The Labute approximate surface area is 145 Å². The first-order chi connectivity index (χ1) is 11.0. The molecule has 2 aromatic heterocycles. The first-order valence-corrected chi connectivity index (χ1v) is 9.03.